The fraction of sp³-hybridized carbons (Fsp3) is 0.250. The third-order valence-electron chi connectivity index (χ3n) is 4.15. The summed E-state index contributed by atoms with van der Waals surface area (Å²) in [6.07, 6.45) is 1.67. The molecule has 0 aromatic heterocycles. The van der Waals surface area contributed by atoms with E-state index in [1.54, 1.807) is 0 Å². The Morgan fingerprint density at radius 2 is 1.65 bits per heavy atom. The average molecular weight is 368 g/mol. The van der Waals surface area contributed by atoms with Gasteiger partial charge in [0.25, 0.3) is 5.24 Å². The molecule has 134 valence electrons. The van der Waals surface area contributed by atoms with Crippen LogP contribution in [0.4, 0.5) is 4.79 Å². The minimum atomic E-state index is -0.342. The Kier molecular flexibility index (Phi) is 6.07. The molecule has 1 heterocycles. The second-order valence-corrected chi connectivity index (χ2v) is 7.34. The van der Waals surface area contributed by atoms with Crippen molar-refractivity contribution in [3.63, 3.8) is 0 Å². The number of carbonyl (C=O) groups is 3. The zero-order valence-electron chi connectivity index (χ0n) is 14.2. The molecule has 0 spiro atoms. The van der Waals surface area contributed by atoms with Crippen molar-refractivity contribution in [3.05, 3.63) is 71.3 Å². The number of rotatable bonds is 7. The maximum atomic E-state index is 11.9. The van der Waals surface area contributed by atoms with E-state index < -0.39 is 0 Å². The van der Waals surface area contributed by atoms with Crippen molar-refractivity contribution in [1.29, 1.82) is 0 Å². The highest BCUT2D eigenvalue weighted by molar-refractivity contribution is 8.15. The zero-order chi connectivity index (χ0) is 18.4. The predicted molar refractivity (Wildman–Crippen MR) is 102 cm³/mol. The largest absolute Gasteiger partial charge is 0.355 e. The number of thioether (sulfide) groups is 1. The van der Waals surface area contributed by atoms with Crippen LogP contribution in [0.5, 0.6) is 0 Å². The Bertz CT molecular complexity index is 790. The van der Waals surface area contributed by atoms with Crippen molar-refractivity contribution in [2.45, 2.75) is 24.5 Å². The quantitative estimate of drug-likeness (QED) is 0.787. The van der Waals surface area contributed by atoms with E-state index in [9.17, 15) is 14.4 Å². The van der Waals surface area contributed by atoms with Gasteiger partial charge in [-0.2, -0.15) is 0 Å². The first-order valence-corrected chi connectivity index (χ1v) is 9.38. The van der Waals surface area contributed by atoms with Gasteiger partial charge in [-0.15, -0.1) is 0 Å². The van der Waals surface area contributed by atoms with E-state index in [0.717, 1.165) is 34.9 Å². The third-order valence-corrected chi connectivity index (χ3v) is 5.14. The molecule has 2 aromatic rings. The van der Waals surface area contributed by atoms with E-state index in [0.29, 0.717) is 19.4 Å². The molecular formula is C20H20N2O3S. The maximum Gasteiger partial charge on any atom is 0.286 e. The highest BCUT2D eigenvalue weighted by atomic mass is 32.2. The van der Waals surface area contributed by atoms with Crippen LogP contribution in [-0.4, -0.2) is 28.8 Å². The Morgan fingerprint density at radius 1 is 0.962 bits per heavy atom. The average Bonchev–Trinajstić information content (AvgIpc) is 2.94. The van der Waals surface area contributed by atoms with Gasteiger partial charge in [-0.3, -0.25) is 19.7 Å². The molecule has 0 radical (unpaired) electrons. The molecule has 2 aromatic carbocycles. The summed E-state index contributed by atoms with van der Waals surface area (Å²) < 4.78 is 0. The monoisotopic (exact) mass is 368 g/mol. The number of carbonyl (C=O) groups excluding carboxylic acids is 3. The van der Waals surface area contributed by atoms with Gasteiger partial charge in [-0.25, -0.2) is 0 Å². The molecule has 1 fully saturated rings. The first-order valence-electron chi connectivity index (χ1n) is 8.50. The molecule has 0 saturated carbocycles. The molecule has 6 heteroatoms. The van der Waals surface area contributed by atoms with Crippen LogP contribution >= 0.6 is 11.8 Å². The van der Waals surface area contributed by atoms with Crippen molar-refractivity contribution in [2.75, 3.05) is 6.54 Å². The summed E-state index contributed by atoms with van der Waals surface area (Å²) in [5.41, 5.74) is 3.14. The topological polar surface area (TPSA) is 75.3 Å². The molecule has 2 N–H and O–H groups in total. The van der Waals surface area contributed by atoms with E-state index >= 15 is 0 Å². The zero-order valence-corrected chi connectivity index (χ0v) is 15.1. The van der Waals surface area contributed by atoms with Gasteiger partial charge in [0.2, 0.25) is 11.8 Å². The molecule has 0 unspecified atom stereocenters. The Morgan fingerprint density at radius 3 is 2.31 bits per heavy atom. The van der Waals surface area contributed by atoms with E-state index in [1.165, 1.54) is 0 Å². The van der Waals surface area contributed by atoms with E-state index in [4.69, 9.17) is 0 Å². The smallest absolute Gasteiger partial charge is 0.286 e. The maximum absolute atomic E-state index is 11.9. The molecule has 1 aliphatic rings. The van der Waals surface area contributed by atoms with Crippen molar-refractivity contribution >= 4 is 28.8 Å². The van der Waals surface area contributed by atoms with Crippen LogP contribution in [0.2, 0.25) is 0 Å². The second kappa shape index (κ2) is 8.67. The summed E-state index contributed by atoms with van der Waals surface area (Å²) in [5.74, 6) is -0.202. The normalized spacial score (nSPS) is 16.4. The lowest BCUT2D eigenvalue weighted by Crippen LogP contribution is -2.27. The fourth-order valence-electron chi connectivity index (χ4n) is 2.77. The molecule has 0 bridgehead atoms. The molecular weight excluding hydrogens is 348 g/mol. The van der Waals surface area contributed by atoms with Gasteiger partial charge in [-0.1, -0.05) is 66.4 Å². The van der Waals surface area contributed by atoms with Gasteiger partial charge in [0, 0.05) is 6.54 Å². The summed E-state index contributed by atoms with van der Waals surface area (Å²) in [7, 11) is 0. The van der Waals surface area contributed by atoms with Crippen LogP contribution in [-0.2, 0) is 28.9 Å². The van der Waals surface area contributed by atoms with Crippen LogP contribution in [0.1, 0.15) is 16.7 Å². The lowest BCUT2D eigenvalue weighted by atomic mass is 10.1. The molecule has 0 aliphatic carbocycles. The summed E-state index contributed by atoms with van der Waals surface area (Å²) >= 11 is 1.04. The SMILES string of the molecule is O=C(Cc1ccccc1)NCCc1ccc(C[C@H]2SC(=O)NC2=O)cc1. The fourth-order valence-corrected chi connectivity index (χ4v) is 3.63. The summed E-state index contributed by atoms with van der Waals surface area (Å²) in [5, 5.41) is 4.61. The van der Waals surface area contributed by atoms with Gasteiger partial charge in [0.15, 0.2) is 0 Å². The first-order chi connectivity index (χ1) is 12.6. The molecule has 1 atom stereocenters. The molecule has 26 heavy (non-hydrogen) atoms. The summed E-state index contributed by atoms with van der Waals surface area (Å²) in [6, 6.07) is 17.6. The van der Waals surface area contributed by atoms with Crippen LogP contribution < -0.4 is 10.6 Å². The van der Waals surface area contributed by atoms with Gasteiger partial charge in [0.05, 0.1) is 11.7 Å². The number of hydrogen-bond donors (Lipinski definition) is 2. The molecule has 3 rings (SSSR count). The molecule has 1 aliphatic heterocycles. The number of nitrogens with one attached hydrogen (secondary N) is 2. The van der Waals surface area contributed by atoms with Gasteiger partial charge < -0.3 is 5.32 Å². The Hall–Kier alpha value is -2.60. The van der Waals surface area contributed by atoms with Gasteiger partial charge in [0.1, 0.15) is 0 Å². The highest BCUT2D eigenvalue weighted by Gasteiger charge is 2.31. The molecule has 3 amide bonds. The van der Waals surface area contributed by atoms with E-state index in [1.807, 2.05) is 54.6 Å². The van der Waals surface area contributed by atoms with Gasteiger partial charge >= 0.3 is 0 Å². The predicted octanol–water partition coefficient (Wildman–Crippen LogP) is 2.48. The van der Waals surface area contributed by atoms with Crippen LogP contribution in [0.3, 0.4) is 0 Å². The van der Waals surface area contributed by atoms with Crippen molar-refractivity contribution in [1.82, 2.24) is 10.6 Å². The number of imide groups is 1. The van der Waals surface area contributed by atoms with Crippen molar-refractivity contribution < 1.29 is 14.4 Å². The molecule has 5 nitrogen and oxygen atoms in total. The molecule has 1 saturated heterocycles. The van der Waals surface area contributed by atoms with Crippen LogP contribution in [0, 0.1) is 0 Å². The lowest BCUT2D eigenvalue weighted by molar-refractivity contribution is -0.120. The minimum absolute atomic E-state index is 0.0155. The Balaban J connectivity index is 1.42. The van der Waals surface area contributed by atoms with E-state index in [2.05, 4.69) is 10.6 Å². The number of amides is 3. The van der Waals surface area contributed by atoms with E-state index in [-0.39, 0.29) is 22.3 Å². The first kappa shape index (κ1) is 18.2. The summed E-state index contributed by atoms with van der Waals surface area (Å²) in [6.45, 7) is 0.584. The second-order valence-electron chi connectivity index (χ2n) is 6.17. The van der Waals surface area contributed by atoms with Crippen LogP contribution in [0.15, 0.2) is 54.6 Å². The number of benzene rings is 2. The van der Waals surface area contributed by atoms with Gasteiger partial charge in [-0.05, 0) is 29.5 Å². The highest BCUT2D eigenvalue weighted by Crippen LogP contribution is 2.23. The third kappa shape index (κ3) is 5.20. The summed E-state index contributed by atoms with van der Waals surface area (Å²) in [4.78, 5) is 34.7. The standard InChI is InChI=1S/C20H20N2O3S/c23-18(13-15-4-2-1-3-5-15)21-11-10-14-6-8-16(9-7-14)12-17-19(24)22-20(25)26-17/h1-9,17H,10-13H2,(H,21,23)(H,22,24,25)/t17-/m1/s1. The number of hydrogen-bond acceptors (Lipinski definition) is 4. The Labute approximate surface area is 156 Å². The van der Waals surface area contributed by atoms with Crippen molar-refractivity contribution in [3.8, 4) is 0 Å². The lowest BCUT2D eigenvalue weighted by Gasteiger charge is -2.08. The minimum Gasteiger partial charge on any atom is -0.355 e. The van der Waals surface area contributed by atoms with Crippen LogP contribution in [0.25, 0.3) is 0 Å². The van der Waals surface area contributed by atoms with Crippen molar-refractivity contribution in [2.24, 2.45) is 0 Å².